The van der Waals surface area contributed by atoms with Gasteiger partial charge in [-0.25, -0.2) is 0 Å². The Morgan fingerprint density at radius 1 is 1.08 bits per heavy atom. The van der Waals surface area contributed by atoms with Crippen LogP contribution < -0.4 is 5.73 Å². The average molecular weight is 322 g/mol. The van der Waals surface area contributed by atoms with Gasteiger partial charge in [-0.1, -0.05) is 36.4 Å². The molecule has 1 aliphatic heterocycles. The summed E-state index contributed by atoms with van der Waals surface area (Å²) in [5.41, 5.74) is 8.64. The van der Waals surface area contributed by atoms with Crippen molar-refractivity contribution < 1.29 is 9.59 Å². The van der Waals surface area contributed by atoms with Crippen LogP contribution in [0.4, 0.5) is 0 Å². The van der Waals surface area contributed by atoms with Gasteiger partial charge in [-0.05, 0) is 55.5 Å². The van der Waals surface area contributed by atoms with Gasteiger partial charge in [0.2, 0.25) is 5.91 Å². The number of carbonyl (C=O) groups excluding carboxylic acids is 2. The number of carbonyl (C=O) groups is 2. The van der Waals surface area contributed by atoms with Gasteiger partial charge in [0.15, 0.2) is 0 Å². The molecule has 1 heterocycles. The highest BCUT2D eigenvalue weighted by Crippen LogP contribution is 2.31. The molecule has 1 atom stereocenters. The summed E-state index contributed by atoms with van der Waals surface area (Å²) >= 11 is 0. The topological polar surface area (TPSA) is 63.4 Å². The number of amides is 2. The fourth-order valence-corrected chi connectivity index (χ4v) is 3.39. The first-order valence-corrected chi connectivity index (χ1v) is 8.21. The van der Waals surface area contributed by atoms with Gasteiger partial charge >= 0.3 is 0 Å². The second kappa shape index (κ2) is 6.11. The van der Waals surface area contributed by atoms with Crippen molar-refractivity contribution in [3.05, 3.63) is 59.7 Å². The summed E-state index contributed by atoms with van der Waals surface area (Å²) in [6.07, 6.45) is 1.42. The van der Waals surface area contributed by atoms with Gasteiger partial charge in [0.25, 0.3) is 5.91 Å². The third-order valence-electron chi connectivity index (χ3n) is 5.00. The molecule has 0 spiro atoms. The molecule has 0 saturated carbocycles. The third kappa shape index (κ3) is 2.68. The van der Waals surface area contributed by atoms with Crippen molar-refractivity contribution in [3.8, 4) is 11.1 Å². The monoisotopic (exact) mass is 322 g/mol. The Hall–Kier alpha value is -2.62. The Morgan fingerprint density at radius 3 is 2.38 bits per heavy atom. The van der Waals surface area contributed by atoms with Gasteiger partial charge in [-0.15, -0.1) is 0 Å². The van der Waals surface area contributed by atoms with Gasteiger partial charge in [0.05, 0.1) is 0 Å². The molecule has 1 fully saturated rings. The number of nitrogens with two attached hydrogens (primary N) is 1. The lowest BCUT2D eigenvalue weighted by Crippen LogP contribution is -2.53. The van der Waals surface area contributed by atoms with Crippen LogP contribution in [0.1, 0.15) is 35.7 Å². The Balaban J connectivity index is 1.87. The van der Waals surface area contributed by atoms with Crippen molar-refractivity contribution >= 4 is 11.8 Å². The van der Waals surface area contributed by atoms with Crippen molar-refractivity contribution in [3.63, 3.8) is 0 Å². The maximum absolute atomic E-state index is 12.8. The van der Waals surface area contributed by atoms with E-state index in [0.29, 0.717) is 18.5 Å². The maximum atomic E-state index is 12.8. The van der Waals surface area contributed by atoms with E-state index >= 15 is 0 Å². The van der Waals surface area contributed by atoms with E-state index in [2.05, 4.69) is 19.1 Å². The lowest BCUT2D eigenvalue weighted by molar-refractivity contribution is -0.126. The second-order valence-corrected chi connectivity index (χ2v) is 6.59. The number of aryl methyl sites for hydroxylation is 1. The first kappa shape index (κ1) is 16.2. The van der Waals surface area contributed by atoms with Gasteiger partial charge < -0.3 is 10.6 Å². The van der Waals surface area contributed by atoms with Crippen LogP contribution in [0.3, 0.4) is 0 Å². The highest BCUT2D eigenvalue weighted by molar-refractivity contribution is 5.99. The lowest BCUT2D eigenvalue weighted by Gasteiger charge is -2.32. The molecule has 0 aromatic heterocycles. The number of primary amides is 1. The first-order valence-electron chi connectivity index (χ1n) is 8.21. The van der Waals surface area contributed by atoms with Crippen LogP contribution in [0.5, 0.6) is 0 Å². The summed E-state index contributed by atoms with van der Waals surface area (Å²) in [7, 11) is 0. The molecule has 0 aliphatic carbocycles. The van der Waals surface area contributed by atoms with Gasteiger partial charge in [-0.2, -0.15) is 0 Å². The van der Waals surface area contributed by atoms with Gasteiger partial charge in [-0.3, -0.25) is 9.59 Å². The molecule has 1 saturated heterocycles. The molecule has 2 amide bonds. The minimum atomic E-state index is -0.883. The molecule has 2 aromatic rings. The molecular formula is C20H22N2O2. The summed E-state index contributed by atoms with van der Waals surface area (Å²) in [6, 6.07) is 15.7. The molecule has 2 aromatic carbocycles. The number of hydrogen-bond donors (Lipinski definition) is 1. The van der Waals surface area contributed by atoms with E-state index in [1.165, 1.54) is 5.56 Å². The molecule has 3 rings (SSSR count). The Morgan fingerprint density at radius 2 is 1.75 bits per heavy atom. The molecule has 124 valence electrons. The molecule has 2 N–H and O–H groups in total. The molecule has 0 bridgehead atoms. The molecule has 1 unspecified atom stereocenters. The van der Waals surface area contributed by atoms with Crippen LogP contribution in [-0.4, -0.2) is 28.8 Å². The van der Waals surface area contributed by atoms with E-state index in [0.717, 1.165) is 17.5 Å². The van der Waals surface area contributed by atoms with E-state index in [1.807, 2.05) is 36.4 Å². The van der Waals surface area contributed by atoms with E-state index in [4.69, 9.17) is 5.73 Å². The van der Waals surface area contributed by atoms with E-state index < -0.39 is 11.4 Å². The van der Waals surface area contributed by atoms with Crippen LogP contribution in [0.25, 0.3) is 11.1 Å². The fraction of sp³-hybridized carbons (Fsp3) is 0.300. The predicted octanol–water partition coefficient (Wildman–Crippen LogP) is 3.14. The minimum Gasteiger partial charge on any atom is -0.368 e. The van der Waals surface area contributed by atoms with Crippen molar-refractivity contribution in [2.45, 2.75) is 32.2 Å². The fourth-order valence-electron chi connectivity index (χ4n) is 3.39. The second-order valence-electron chi connectivity index (χ2n) is 6.59. The highest BCUT2D eigenvalue weighted by atomic mass is 16.2. The molecular weight excluding hydrogens is 300 g/mol. The zero-order valence-corrected chi connectivity index (χ0v) is 14.1. The Labute approximate surface area is 142 Å². The normalized spacial score (nSPS) is 20.2. The van der Waals surface area contributed by atoms with Crippen LogP contribution in [-0.2, 0) is 4.79 Å². The zero-order valence-electron chi connectivity index (χ0n) is 14.1. The standard InChI is InChI=1S/C20H22N2O2/c1-14-6-3-4-7-17(14)15-8-10-16(11-9-15)18(23)22-13-5-12-20(22,2)19(21)24/h3-4,6-11H,5,12-13H2,1-2H3,(H2,21,24). The van der Waals surface area contributed by atoms with Gasteiger partial charge in [0.1, 0.15) is 5.54 Å². The quantitative estimate of drug-likeness (QED) is 0.943. The zero-order chi connectivity index (χ0) is 17.3. The minimum absolute atomic E-state index is 0.134. The molecule has 4 heteroatoms. The number of hydrogen-bond acceptors (Lipinski definition) is 2. The van der Waals surface area contributed by atoms with E-state index in [1.54, 1.807) is 11.8 Å². The summed E-state index contributed by atoms with van der Waals surface area (Å²) in [6.45, 7) is 4.39. The Kier molecular flexibility index (Phi) is 4.14. The number of nitrogens with zero attached hydrogens (tertiary/aromatic N) is 1. The van der Waals surface area contributed by atoms with Crippen LogP contribution >= 0.6 is 0 Å². The summed E-state index contributed by atoms with van der Waals surface area (Å²) in [5, 5.41) is 0. The molecule has 4 nitrogen and oxygen atoms in total. The average Bonchev–Trinajstić information content (AvgIpc) is 2.98. The number of benzene rings is 2. The molecule has 1 aliphatic rings. The van der Waals surface area contributed by atoms with Crippen LogP contribution in [0.2, 0.25) is 0 Å². The Bertz CT molecular complexity index is 782. The SMILES string of the molecule is Cc1ccccc1-c1ccc(C(=O)N2CCCC2(C)C(N)=O)cc1. The number of likely N-dealkylation sites (tertiary alicyclic amines) is 1. The summed E-state index contributed by atoms with van der Waals surface area (Å²) < 4.78 is 0. The van der Waals surface area contributed by atoms with Crippen molar-refractivity contribution in [2.24, 2.45) is 5.73 Å². The van der Waals surface area contributed by atoms with E-state index in [-0.39, 0.29) is 5.91 Å². The summed E-state index contributed by atoms with van der Waals surface area (Å²) in [5.74, 6) is -0.574. The number of rotatable bonds is 3. The summed E-state index contributed by atoms with van der Waals surface area (Å²) in [4.78, 5) is 26.2. The first-order chi connectivity index (χ1) is 11.4. The van der Waals surface area contributed by atoms with E-state index in [9.17, 15) is 9.59 Å². The van der Waals surface area contributed by atoms with Crippen LogP contribution in [0, 0.1) is 6.92 Å². The van der Waals surface area contributed by atoms with Crippen molar-refractivity contribution in [1.82, 2.24) is 4.90 Å². The van der Waals surface area contributed by atoms with Crippen LogP contribution in [0.15, 0.2) is 48.5 Å². The third-order valence-corrected chi connectivity index (χ3v) is 5.00. The highest BCUT2D eigenvalue weighted by Gasteiger charge is 2.44. The maximum Gasteiger partial charge on any atom is 0.254 e. The molecule has 24 heavy (non-hydrogen) atoms. The largest absolute Gasteiger partial charge is 0.368 e. The lowest BCUT2D eigenvalue weighted by atomic mass is 9.96. The van der Waals surface area contributed by atoms with Crippen molar-refractivity contribution in [2.75, 3.05) is 6.54 Å². The smallest absolute Gasteiger partial charge is 0.254 e. The predicted molar refractivity (Wildman–Crippen MR) is 94.5 cm³/mol. The van der Waals surface area contributed by atoms with Gasteiger partial charge in [0, 0.05) is 12.1 Å². The van der Waals surface area contributed by atoms with Crippen molar-refractivity contribution in [1.29, 1.82) is 0 Å². The molecule has 0 radical (unpaired) electrons.